The molecule has 2 aromatic rings. The van der Waals surface area contributed by atoms with Crippen LogP contribution in [0.15, 0.2) is 36.4 Å². The van der Waals surface area contributed by atoms with Gasteiger partial charge in [0, 0.05) is 11.8 Å². The van der Waals surface area contributed by atoms with Crippen LogP contribution in [0.2, 0.25) is 0 Å². The zero-order valence-corrected chi connectivity index (χ0v) is 13.3. The van der Waals surface area contributed by atoms with E-state index in [2.05, 4.69) is 5.32 Å². The highest BCUT2D eigenvalue weighted by molar-refractivity contribution is 8.00. The predicted molar refractivity (Wildman–Crippen MR) is 88.5 cm³/mol. The molecule has 1 amide bonds. The Kier molecular flexibility index (Phi) is 3.53. The summed E-state index contributed by atoms with van der Waals surface area (Å²) in [4.78, 5) is 12.0. The maximum Gasteiger partial charge on any atom is 0.234 e. The lowest BCUT2D eigenvalue weighted by Crippen LogP contribution is -2.12. The number of amides is 1. The monoisotopic (exact) mass is 329 g/mol. The largest absolute Gasteiger partial charge is 0.497 e. The van der Waals surface area contributed by atoms with Crippen molar-refractivity contribution in [1.29, 1.82) is 0 Å². The molecule has 2 aromatic carbocycles. The van der Waals surface area contributed by atoms with E-state index >= 15 is 0 Å². The van der Waals surface area contributed by atoms with E-state index in [0.717, 1.165) is 28.3 Å². The van der Waals surface area contributed by atoms with Crippen molar-refractivity contribution in [2.75, 3.05) is 25.0 Å². The van der Waals surface area contributed by atoms with Gasteiger partial charge in [0.25, 0.3) is 0 Å². The number of ether oxygens (including phenoxy) is 3. The molecule has 1 unspecified atom stereocenters. The Morgan fingerprint density at radius 3 is 2.65 bits per heavy atom. The summed E-state index contributed by atoms with van der Waals surface area (Å²) in [6.45, 7) is 0.215. The molecule has 2 heterocycles. The van der Waals surface area contributed by atoms with Crippen molar-refractivity contribution in [3.63, 3.8) is 0 Å². The number of methoxy groups -OCH3 is 1. The van der Waals surface area contributed by atoms with Gasteiger partial charge in [-0.3, -0.25) is 4.79 Å². The van der Waals surface area contributed by atoms with E-state index < -0.39 is 0 Å². The van der Waals surface area contributed by atoms with Gasteiger partial charge in [0.05, 0.1) is 18.1 Å². The second kappa shape index (κ2) is 5.70. The molecule has 0 spiro atoms. The van der Waals surface area contributed by atoms with Crippen LogP contribution in [0.3, 0.4) is 0 Å². The summed E-state index contributed by atoms with van der Waals surface area (Å²) in [5, 5.41) is 3.00. The van der Waals surface area contributed by atoms with Crippen LogP contribution >= 0.6 is 11.8 Å². The van der Waals surface area contributed by atoms with Crippen molar-refractivity contribution < 1.29 is 19.0 Å². The molecule has 2 aliphatic heterocycles. The molecule has 4 rings (SSSR count). The molecule has 6 heteroatoms. The topological polar surface area (TPSA) is 56.8 Å². The minimum atomic E-state index is -0.00822. The zero-order chi connectivity index (χ0) is 15.8. The van der Waals surface area contributed by atoms with Crippen LogP contribution < -0.4 is 19.5 Å². The molecule has 2 aliphatic rings. The lowest BCUT2D eigenvalue weighted by Gasteiger charge is -2.18. The van der Waals surface area contributed by atoms with E-state index in [0.29, 0.717) is 11.5 Å². The fourth-order valence-corrected chi connectivity index (χ4v) is 3.89. The minimum Gasteiger partial charge on any atom is -0.497 e. The van der Waals surface area contributed by atoms with Gasteiger partial charge in [0.15, 0.2) is 11.5 Å². The first-order valence-corrected chi connectivity index (χ1v) is 8.28. The van der Waals surface area contributed by atoms with Crippen molar-refractivity contribution in [3.05, 3.63) is 47.5 Å². The number of hydrogen-bond acceptors (Lipinski definition) is 5. The maximum absolute atomic E-state index is 12.0. The van der Waals surface area contributed by atoms with Crippen LogP contribution in [0.1, 0.15) is 16.4 Å². The van der Waals surface area contributed by atoms with Crippen LogP contribution in [0.4, 0.5) is 5.69 Å². The molecule has 0 saturated carbocycles. The predicted octanol–water partition coefficient (Wildman–Crippen LogP) is 3.20. The maximum atomic E-state index is 12.0. The molecule has 0 bridgehead atoms. The number of fused-ring (bicyclic) bond motifs is 2. The van der Waals surface area contributed by atoms with E-state index in [1.165, 1.54) is 0 Å². The Bertz CT molecular complexity index is 760. The van der Waals surface area contributed by atoms with Crippen LogP contribution in [0, 0.1) is 0 Å². The van der Waals surface area contributed by atoms with Gasteiger partial charge >= 0.3 is 0 Å². The zero-order valence-electron chi connectivity index (χ0n) is 12.5. The van der Waals surface area contributed by atoms with Gasteiger partial charge in [-0.05, 0) is 29.3 Å². The second-order valence-corrected chi connectivity index (χ2v) is 6.40. The third-order valence-corrected chi connectivity index (χ3v) is 5.19. The van der Waals surface area contributed by atoms with E-state index in [9.17, 15) is 4.79 Å². The number of thioether (sulfide) groups is 1. The molecule has 5 nitrogen and oxygen atoms in total. The molecule has 0 aliphatic carbocycles. The fraction of sp³-hybridized carbons (Fsp3) is 0.235. The first-order valence-electron chi connectivity index (χ1n) is 7.23. The number of anilines is 1. The summed E-state index contributed by atoms with van der Waals surface area (Å²) in [5.41, 5.74) is 2.92. The van der Waals surface area contributed by atoms with Crippen LogP contribution in [0.5, 0.6) is 17.2 Å². The van der Waals surface area contributed by atoms with Gasteiger partial charge < -0.3 is 19.5 Å². The van der Waals surface area contributed by atoms with Gasteiger partial charge in [-0.15, -0.1) is 11.8 Å². The van der Waals surface area contributed by atoms with Crippen LogP contribution in [0.25, 0.3) is 0 Å². The first kappa shape index (κ1) is 14.3. The van der Waals surface area contributed by atoms with E-state index in [1.807, 2.05) is 36.4 Å². The molecule has 0 aromatic heterocycles. The Morgan fingerprint density at radius 2 is 1.91 bits per heavy atom. The summed E-state index contributed by atoms with van der Waals surface area (Å²) in [6.07, 6.45) is 0. The Morgan fingerprint density at radius 1 is 1.17 bits per heavy atom. The number of nitrogens with one attached hydrogen (secondary N) is 1. The molecule has 1 N–H and O–H groups in total. The summed E-state index contributed by atoms with van der Waals surface area (Å²) < 4.78 is 16.1. The third kappa shape index (κ3) is 2.59. The van der Waals surface area contributed by atoms with Gasteiger partial charge in [-0.1, -0.05) is 12.1 Å². The average Bonchev–Trinajstić information content (AvgIpc) is 2.96. The lowest BCUT2D eigenvalue weighted by atomic mass is 10.0. The Hall–Kier alpha value is -2.34. The summed E-state index contributed by atoms with van der Waals surface area (Å²) in [5.74, 6) is 2.60. The number of carbonyl (C=O) groups excluding carboxylic acids is 1. The molecule has 118 valence electrons. The summed E-state index contributed by atoms with van der Waals surface area (Å²) in [7, 11) is 1.65. The number of carbonyl (C=O) groups is 1. The van der Waals surface area contributed by atoms with Crippen LogP contribution in [-0.2, 0) is 4.79 Å². The molecule has 0 radical (unpaired) electrons. The second-order valence-electron chi connectivity index (χ2n) is 5.31. The minimum absolute atomic E-state index is 0.00822. The first-order chi connectivity index (χ1) is 11.2. The Labute approximate surface area is 137 Å². The SMILES string of the molecule is COc1ccc(C2SCC(=O)Nc3cc4c(cc32)OCO4)cc1. The third-order valence-electron chi connectivity index (χ3n) is 3.90. The van der Waals surface area contributed by atoms with Crippen LogP contribution in [-0.4, -0.2) is 25.6 Å². The number of hydrogen-bond donors (Lipinski definition) is 1. The molecule has 1 atom stereocenters. The normalized spacial score (nSPS) is 18.8. The van der Waals surface area contributed by atoms with E-state index in [4.69, 9.17) is 14.2 Å². The van der Waals surface area contributed by atoms with E-state index in [1.54, 1.807) is 18.9 Å². The smallest absolute Gasteiger partial charge is 0.234 e. The van der Waals surface area contributed by atoms with Gasteiger partial charge in [-0.25, -0.2) is 0 Å². The van der Waals surface area contributed by atoms with Gasteiger partial charge in [0.2, 0.25) is 12.7 Å². The van der Waals surface area contributed by atoms with E-state index in [-0.39, 0.29) is 18.0 Å². The fourth-order valence-electron chi connectivity index (χ4n) is 2.77. The Balaban J connectivity index is 1.79. The lowest BCUT2D eigenvalue weighted by molar-refractivity contribution is -0.113. The highest BCUT2D eigenvalue weighted by atomic mass is 32.2. The summed E-state index contributed by atoms with van der Waals surface area (Å²) >= 11 is 1.60. The molecule has 0 saturated heterocycles. The molecular weight excluding hydrogens is 314 g/mol. The summed E-state index contributed by atoms with van der Waals surface area (Å²) in [6, 6.07) is 11.7. The molecule has 23 heavy (non-hydrogen) atoms. The van der Waals surface area contributed by atoms with Crippen molar-refractivity contribution >= 4 is 23.4 Å². The molecule has 0 fully saturated rings. The quantitative estimate of drug-likeness (QED) is 0.917. The highest BCUT2D eigenvalue weighted by Gasteiger charge is 2.27. The standard InChI is InChI=1S/C17H15NO4S/c1-20-11-4-2-10(3-5-11)17-12-6-14-15(22-9-21-14)7-13(12)18-16(19)8-23-17/h2-7,17H,8-9H2,1H3,(H,18,19). The van der Waals surface area contributed by atoms with Crippen molar-refractivity contribution in [1.82, 2.24) is 0 Å². The molecular formula is C17H15NO4S. The van der Waals surface area contributed by atoms with Crippen molar-refractivity contribution in [2.24, 2.45) is 0 Å². The van der Waals surface area contributed by atoms with Crippen molar-refractivity contribution in [2.45, 2.75) is 5.25 Å². The van der Waals surface area contributed by atoms with Gasteiger partial charge in [-0.2, -0.15) is 0 Å². The average molecular weight is 329 g/mol. The number of rotatable bonds is 2. The van der Waals surface area contributed by atoms with Crippen molar-refractivity contribution in [3.8, 4) is 17.2 Å². The van der Waals surface area contributed by atoms with Gasteiger partial charge in [0.1, 0.15) is 5.75 Å². The number of benzene rings is 2. The highest BCUT2D eigenvalue weighted by Crippen LogP contribution is 2.46.